The highest BCUT2D eigenvalue weighted by atomic mass is 16.2. The van der Waals surface area contributed by atoms with E-state index >= 15 is 0 Å². The fourth-order valence-corrected chi connectivity index (χ4v) is 2.78. The molecule has 23 heavy (non-hydrogen) atoms. The lowest BCUT2D eigenvalue weighted by molar-refractivity contribution is -0.127. The summed E-state index contributed by atoms with van der Waals surface area (Å²) in [4.78, 5) is 20.5. The zero-order chi connectivity index (χ0) is 16.9. The van der Waals surface area contributed by atoms with Crippen molar-refractivity contribution in [3.8, 4) is 0 Å². The molecule has 0 aliphatic carbocycles. The first kappa shape index (κ1) is 19.7. The third kappa shape index (κ3) is 8.21. The Balaban J connectivity index is 2.20. The Morgan fingerprint density at radius 1 is 1.22 bits per heavy atom. The van der Waals surface area contributed by atoms with E-state index in [4.69, 9.17) is 0 Å². The van der Waals surface area contributed by atoms with E-state index in [-0.39, 0.29) is 0 Å². The molecule has 1 heterocycles. The van der Waals surface area contributed by atoms with Crippen LogP contribution in [0.3, 0.4) is 0 Å². The monoisotopic (exact) mass is 325 g/mol. The summed E-state index contributed by atoms with van der Waals surface area (Å²) in [6.07, 6.45) is 3.79. The summed E-state index contributed by atoms with van der Waals surface area (Å²) in [5, 5.41) is 6.67. The van der Waals surface area contributed by atoms with Gasteiger partial charge >= 0.3 is 0 Å². The Morgan fingerprint density at radius 3 is 2.61 bits per heavy atom. The zero-order valence-corrected chi connectivity index (χ0v) is 15.2. The van der Waals surface area contributed by atoms with Crippen molar-refractivity contribution in [1.29, 1.82) is 0 Å². The van der Waals surface area contributed by atoms with E-state index in [9.17, 15) is 4.79 Å². The van der Waals surface area contributed by atoms with Gasteiger partial charge in [0.05, 0.1) is 0 Å². The lowest BCUT2D eigenvalue weighted by atomic mass is 10.3. The summed E-state index contributed by atoms with van der Waals surface area (Å²) in [5.74, 6) is 1.19. The number of aliphatic imine (C=N–C) groups is 1. The molecule has 6 heteroatoms. The van der Waals surface area contributed by atoms with Gasteiger partial charge in [-0.2, -0.15) is 0 Å². The van der Waals surface area contributed by atoms with Gasteiger partial charge in [-0.3, -0.25) is 9.79 Å². The Hall–Kier alpha value is -1.30. The van der Waals surface area contributed by atoms with Crippen molar-refractivity contribution in [2.45, 2.75) is 46.5 Å². The van der Waals surface area contributed by atoms with Gasteiger partial charge in [-0.1, -0.05) is 13.8 Å². The molecular formula is C17H35N5O. The van der Waals surface area contributed by atoms with Gasteiger partial charge in [0.25, 0.3) is 0 Å². The van der Waals surface area contributed by atoms with Gasteiger partial charge in [0.15, 0.2) is 5.96 Å². The molecule has 1 saturated heterocycles. The fourth-order valence-electron chi connectivity index (χ4n) is 2.78. The molecule has 0 radical (unpaired) electrons. The molecule has 134 valence electrons. The summed E-state index contributed by atoms with van der Waals surface area (Å²) in [6, 6.07) is 0. The summed E-state index contributed by atoms with van der Waals surface area (Å²) >= 11 is 0. The van der Waals surface area contributed by atoms with E-state index in [1.807, 2.05) is 4.90 Å². The number of carbonyl (C=O) groups excluding carboxylic acids is 1. The molecule has 0 aromatic heterocycles. The smallest absolute Gasteiger partial charge is 0.222 e. The van der Waals surface area contributed by atoms with E-state index in [2.05, 4.69) is 41.3 Å². The van der Waals surface area contributed by atoms with Gasteiger partial charge in [0, 0.05) is 39.1 Å². The Morgan fingerprint density at radius 2 is 2.00 bits per heavy atom. The van der Waals surface area contributed by atoms with Crippen LogP contribution in [0, 0.1) is 0 Å². The van der Waals surface area contributed by atoms with Crippen molar-refractivity contribution in [2.75, 3.05) is 52.4 Å². The van der Waals surface area contributed by atoms with Crippen molar-refractivity contribution in [2.24, 2.45) is 4.99 Å². The average molecular weight is 326 g/mol. The minimum Gasteiger partial charge on any atom is -0.357 e. The first-order valence-electron chi connectivity index (χ1n) is 9.23. The number of hydrogen-bond acceptors (Lipinski definition) is 3. The van der Waals surface area contributed by atoms with E-state index in [1.165, 1.54) is 0 Å². The number of amides is 1. The van der Waals surface area contributed by atoms with Crippen LogP contribution in [-0.2, 0) is 4.79 Å². The second-order valence-electron chi connectivity index (χ2n) is 5.91. The van der Waals surface area contributed by atoms with Crippen LogP contribution in [0.25, 0.3) is 0 Å². The molecular weight excluding hydrogens is 290 g/mol. The maximum atomic E-state index is 11.5. The van der Waals surface area contributed by atoms with Crippen LogP contribution in [-0.4, -0.2) is 74.0 Å². The molecule has 1 fully saturated rings. The van der Waals surface area contributed by atoms with Crippen LogP contribution < -0.4 is 10.6 Å². The normalized spacial score (nSPS) is 15.6. The largest absolute Gasteiger partial charge is 0.357 e. The molecule has 1 rings (SSSR count). The molecule has 0 saturated carbocycles. The van der Waals surface area contributed by atoms with E-state index in [0.717, 1.165) is 84.0 Å². The van der Waals surface area contributed by atoms with Crippen LogP contribution in [0.15, 0.2) is 4.99 Å². The van der Waals surface area contributed by atoms with Gasteiger partial charge < -0.3 is 20.4 Å². The highest BCUT2D eigenvalue weighted by molar-refractivity contribution is 5.79. The van der Waals surface area contributed by atoms with Crippen molar-refractivity contribution < 1.29 is 4.79 Å². The van der Waals surface area contributed by atoms with Crippen molar-refractivity contribution in [3.05, 3.63) is 0 Å². The summed E-state index contributed by atoms with van der Waals surface area (Å²) in [6.45, 7) is 14.2. The van der Waals surface area contributed by atoms with E-state index in [1.54, 1.807) is 0 Å². The third-order valence-electron chi connectivity index (χ3n) is 4.21. The SMILES string of the molecule is CCNC(=NCCCN1CCCC1=O)NCCCN(CC)CC. The van der Waals surface area contributed by atoms with Crippen LogP contribution in [0.5, 0.6) is 0 Å². The highest BCUT2D eigenvalue weighted by Crippen LogP contribution is 2.09. The number of rotatable bonds is 11. The molecule has 0 spiro atoms. The lowest BCUT2D eigenvalue weighted by Crippen LogP contribution is -2.39. The first-order valence-corrected chi connectivity index (χ1v) is 9.23. The average Bonchev–Trinajstić information content (AvgIpc) is 2.96. The maximum absolute atomic E-state index is 11.5. The Bertz CT molecular complexity index is 355. The molecule has 6 nitrogen and oxygen atoms in total. The van der Waals surface area contributed by atoms with Crippen LogP contribution in [0.4, 0.5) is 0 Å². The van der Waals surface area contributed by atoms with Crippen molar-refractivity contribution in [3.63, 3.8) is 0 Å². The van der Waals surface area contributed by atoms with Gasteiger partial charge in [-0.05, 0) is 45.8 Å². The highest BCUT2D eigenvalue weighted by Gasteiger charge is 2.18. The Labute approximate surface area is 141 Å². The summed E-state index contributed by atoms with van der Waals surface area (Å²) in [7, 11) is 0. The second-order valence-corrected chi connectivity index (χ2v) is 5.91. The first-order chi connectivity index (χ1) is 11.2. The number of nitrogens with zero attached hydrogens (tertiary/aromatic N) is 3. The van der Waals surface area contributed by atoms with Crippen molar-refractivity contribution >= 4 is 11.9 Å². The molecule has 1 amide bonds. The van der Waals surface area contributed by atoms with E-state index in [0.29, 0.717) is 5.91 Å². The zero-order valence-electron chi connectivity index (χ0n) is 15.2. The molecule has 1 aliphatic rings. The standard InChI is InChI=1S/C17H35N5O/c1-4-18-17(19-11-8-13-21(5-2)6-3)20-12-9-15-22-14-7-10-16(22)23/h4-15H2,1-3H3,(H2,18,19,20). The molecule has 0 unspecified atom stereocenters. The predicted octanol–water partition coefficient (Wildman–Crippen LogP) is 1.29. The molecule has 0 aromatic carbocycles. The summed E-state index contributed by atoms with van der Waals surface area (Å²) < 4.78 is 0. The number of carbonyl (C=O) groups is 1. The minimum absolute atomic E-state index is 0.301. The van der Waals surface area contributed by atoms with Crippen LogP contribution in [0.1, 0.15) is 46.5 Å². The minimum atomic E-state index is 0.301. The molecule has 0 atom stereocenters. The Kier molecular flexibility index (Phi) is 10.4. The maximum Gasteiger partial charge on any atom is 0.222 e. The molecule has 2 N–H and O–H groups in total. The van der Waals surface area contributed by atoms with E-state index < -0.39 is 0 Å². The van der Waals surface area contributed by atoms with Crippen molar-refractivity contribution in [1.82, 2.24) is 20.4 Å². The fraction of sp³-hybridized carbons (Fsp3) is 0.882. The van der Waals surface area contributed by atoms with Gasteiger partial charge in [0.1, 0.15) is 0 Å². The van der Waals surface area contributed by atoms with Gasteiger partial charge in [-0.15, -0.1) is 0 Å². The molecule has 0 aromatic rings. The molecule has 1 aliphatic heterocycles. The topological polar surface area (TPSA) is 60.0 Å². The second kappa shape index (κ2) is 12.2. The van der Waals surface area contributed by atoms with Crippen LogP contribution in [0.2, 0.25) is 0 Å². The lowest BCUT2D eigenvalue weighted by Gasteiger charge is -2.18. The number of likely N-dealkylation sites (tertiary alicyclic amines) is 1. The van der Waals surface area contributed by atoms with Crippen LogP contribution >= 0.6 is 0 Å². The quantitative estimate of drug-likeness (QED) is 0.341. The molecule has 0 bridgehead atoms. The number of guanidine groups is 1. The summed E-state index contributed by atoms with van der Waals surface area (Å²) in [5.41, 5.74) is 0. The number of hydrogen-bond donors (Lipinski definition) is 2. The van der Waals surface area contributed by atoms with Gasteiger partial charge in [-0.25, -0.2) is 0 Å². The third-order valence-corrected chi connectivity index (χ3v) is 4.21. The number of nitrogens with one attached hydrogen (secondary N) is 2. The van der Waals surface area contributed by atoms with Gasteiger partial charge in [0.2, 0.25) is 5.91 Å². The predicted molar refractivity (Wildman–Crippen MR) is 96.8 cm³/mol.